The molecule has 0 heterocycles. The van der Waals surface area contributed by atoms with Crippen molar-refractivity contribution in [1.29, 1.82) is 0 Å². The Labute approximate surface area is 85.1 Å². The highest BCUT2D eigenvalue weighted by Gasteiger charge is 2.43. The third kappa shape index (κ3) is 1.62. The monoisotopic (exact) mass is 194 g/mol. The molecule has 3 atom stereocenters. The van der Waals surface area contributed by atoms with Crippen molar-refractivity contribution in [3.8, 4) is 0 Å². The Morgan fingerprint density at radius 2 is 1.93 bits per heavy atom. The van der Waals surface area contributed by atoms with Crippen LogP contribution in [-0.4, -0.2) is 11.6 Å². The van der Waals surface area contributed by atoms with E-state index in [1.165, 1.54) is 6.42 Å². The van der Waals surface area contributed by atoms with Crippen molar-refractivity contribution in [2.24, 2.45) is 17.8 Å². The van der Waals surface area contributed by atoms with E-state index in [0.29, 0.717) is 12.3 Å². The lowest BCUT2D eigenvalue weighted by Crippen LogP contribution is -2.27. The van der Waals surface area contributed by atoms with Gasteiger partial charge in [-0.05, 0) is 25.2 Å². The summed E-state index contributed by atoms with van der Waals surface area (Å²) in [5.41, 5.74) is 0. The molecule has 0 radical (unpaired) electrons. The molecule has 2 fully saturated rings. The highest BCUT2D eigenvalue weighted by molar-refractivity contribution is 6.05. The van der Waals surface area contributed by atoms with Crippen molar-refractivity contribution >= 4 is 11.6 Å². The molecular formula is C12H18O2. The van der Waals surface area contributed by atoms with Crippen molar-refractivity contribution in [1.82, 2.24) is 0 Å². The molecule has 2 rings (SSSR count). The Hall–Kier alpha value is -0.660. The minimum atomic E-state index is -0.217. The molecule has 0 amide bonds. The van der Waals surface area contributed by atoms with E-state index >= 15 is 0 Å². The third-order valence-corrected chi connectivity index (χ3v) is 3.76. The molecule has 0 bridgehead atoms. The molecule has 0 aliphatic heterocycles. The van der Waals surface area contributed by atoms with Crippen molar-refractivity contribution in [3.05, 3.63) is 0 Å². The molecule has 0 aromatic heterocycles. The first-order valence-corrected chi connectivity index (χ1v) is 5.76. The summed E-state index contributed by atoms with van der Waals surface area (Å²) in [7, 11) is 0. The van der Waals surface area contributed by atoms with Crippen LogP contribution in [0.1, 0.15) is 45.4 Å². The van der Waals surface area contributed by atoms with Gasteiger partial charge in [0.25, 0.3) is 0 Å². The number of fused-ring (bicyclic) bond motifs is 1. The fraction of sp³-hybridized carbons (Fsp3) is 0.833. The van der Waals surface area contributed by atoms with Gasteiger partial charge in [-0.25, -0.2) is 0 Å². The van der Waals surface area contributed by atoms with E-state index in [0.717, 1.165) is 25.7 Å². The van der Waals surface area contributed by atoms with E-state index in [-0.39, 0.29) is 23.4 Å². The fourth-order valence-corrected chi connectivity index (χ4v) is 2.99. The predicted molar refractivity (Wildman–Crippen MR) is 53.9 cm³/mol. The molecule has 0 aromatic rings. The van der Waals surface area contributed by atoms with E-state index in [4.69, 9.17) is 0 Å². The minimum Gasteiger partial charge on any atom is -0.299 e. The van der Waals surface area contributed by atoms with Gasteiger partial charge in [-0.1, -0.05) is 19.8 Å². The summed E-state index contributed by atoms with van der Waals surface area (Å²) < 4.78 is 0. The Bertz CT molecular complexity index is 257. The number of ketones is 2. The molecule has 2 aliphatic rings. The molecule has 0 spiro atoms. The summed E-state index contributed by atoms with van der Waals surface area (Å²) in [5.74, 6) is 0.744. The van der Waals surface area contributed by atoms with Gasteiger partial charge in [0.1, 0.15) is 11.6 Å². The van der Waals surface area contributed by atoms with Gasteiger partial charge in [-0.3, -0.25) is 9.59 Å². The highest BCUT2D eigenvalue weighted by Crippen LogP contribution is 2.39. The van der Waals surface area contributed by atoms with Crippen LogP contribution in [0.4, 0.5) is 0 Å². The second-order valence-electron chi connectivity index (χ2n) is 4.84. The van der Waals surface area contributed by atoms with Gasteiger partial charge in [-0.2, -0.15) is 0 Å². The lowest BCUT2D eigenvalue weighted by Gasteiger charge is -2.19. The first kappa shape index (κ1) is 9.88. The van der Waals surface area contributed by atoms with E-state index in [9.17, 15) is 9.59 Å². The average Bonchev–Trinajstić information content (AvgIpc) is 2.39. The lowest BCUT2D eigenvalue weighted by molar-refractivity contribution is -0.133. The van der Waals surface area contributed by atoms with Crippen molar-refractivity contribution in [2.75, 3.05) is 0 Å². The van der Waals surface area contributed by atoms with Gasteiger partial charge in [0, 0.05) is 12.3 Å². The standard InChI is InChI=1S/C12H18O2/c1-8-7-9-5-3-2-4-6-10(13)11(9)12(8)14/h8-9,11H,2-7H2,1H3. The first-order valence-electron chi connectivity index (χ1n) is 5.76. The van der Waals surface area contributed by atoms with Crippen molar-refractivity contribution in [2.45, 2.75) is 45.4 Å². The molecular weight excluding hydrogens is 176 g/mol. The van der Waals surface area contributed by atoms with E-state index in [1.807, 2.05) is 6.92 Å². The molecule has 3 unspecified atom stereocenters. The van der Waals surface area contributed by atoms with Crippen LogP contribution < -0.4 is 0 Å². The molecule has 2 heteroatoms. The Morgan fingerprint density at radius 3 is 2.71 bits per heavy atom. The van der Waals surface area contributed by atoms with Crippen molar-refractivity contribution in [3.63, 3.8) is 0 Å². The maximum absolute atomic E-state index is 11.8. The van der Waals surface area contributed by atoms with Crippen LogP contribution in [0.15, 0.2) is 0 Å². The normalized spacial score (nSPS) is 39.1. The van der Waals surface area contributed by atoms with Gasteiger partial charge in [0.05, 0.1) is 5.92 Å². The number of Topliss-reactive ketones (excluding diaryl/α,β-unsaturated/α-hetero) is 2. The molecule has 0 saturated heterocycles. The maximum atomic E-state index is 11.8. The minimum absolute atomic E-state index is 0.132. The largest absolute Gasteiger partial charge is 0.299 e. The van der Waals surface area contributed by atoms with E-state index in [1.54, 1.807) is 0 Å². The zero-order valence-corrected chi connectivity index (χ0v) is 8.79. The van der Waals surface area contributed by atoms with Crippen LogP contribution in [0, 0.1) is 17.8 Å². The summed E-state index contributed by atoms with van der Waals surface area (Å²) in [6.07, 6.45) is 6.04. The summed E-state index contributed by atoms with van der Waals surface area (Å²) in [6.45, 7) is 1.97. The molecule has 0 aromatic carbocycles. The van der Waals surface area contributed by atoms with Crippen LogP contribution in [0.5, 0.6) is 0 Å². The summed E-state index contributed by atoms with van der Waals surface area (Å²) in [6, 6.07) is 0. The van der Waals surface area contributed by atoms with Gasteiger partial charge in [-0.15, -0.1) is 0 Å². The molecule has 2 aliphatic carbocycles. The SMILES string of the molecule is CC1CC2CCCCCC(=O)C2C1=O. The van der Waals surface area contributed by atoms with Crippen LogP contribution in [0.2, 0.25) is 0 Å². The quantitative estimate of drug-likeness (QED) is 0.555. The summed E-state index contributed by atoms with van der Waals surface area (Å²) in [5, 5.41) is 0. The number of hydrogen-bond donors (Lipinski definition) is 0. The number of hydrogen-bond acceptors (Lipinski definition) is 2. The zero-order chi connectivity index (χ0) is 10.1. The zero-order valence-electron chi connectivity index (χ0n) is 8.79. The highest BCUT2D eigenvalue weighted by atomic mass is 16.2. The Balaban J connectivity index is 2.17. The number of carbonyl (C=O) groups is 2. The summed E-state index contributed by atoms with van der Waals surface area (Å²) in [4.78, 5) is 23.6. The maximum Gasteiger partial charge on any atom is 0.146 e. The third-order valence-electron chi connectivity index (χ3n) is 3.76. The van der Waals surface area contributed by atoms with Crippen LogP contribution in [0.3, 0.4) is 0 Å². The van der Waals surface area contributed by atoms with Crippen LogP contribution >= 0.6 is 0 Å². The Morgan fingerprint density at radius 1 is 1.14 bits per heavy atom. The predicted octanol–water partition coefficient (Wildman–Crippen LogP) is 2.36. The molecule has 2 saturated carbocycles. The summed E-state index contributed by atoms with van der Waals surface area (Å²) >= 11 is 0. The smallest absolute Gasteiger partial charge is 0.146 e. The second kappa shape index (κ2) is 3.84. The van der Waals surface area contributed by atoms with Crippen molar-refractivity contribution < 1.29 is 9.59 Å². The van der Waals surface area contributed by atoms with E-state index in [2.05, 4.69) is 0 Å². The van der Waals surface area contributed by atoms with Gasteiger partial charge in [0.15, 0.2) is 0 Å². The molecule has 78 valence electrons. The molecule has 14 heavy (non-hydrogen) atoms. The average molecular weight is 194 g/mol. The first-order chi connectivity index (χ1) is 6.70. The number of rotatable bonds is 0. The number of carbonyl (C=O) groups excluding carboxylic acids is 2. The van der Waals surface area contributed by atoms with Gasteiger partial charge < -0.3 is 0 Å². The van der Waals surface area contributed by atoms with Crippen LogP contribution in [-0.2, 0) is 9.59 Å². The van der Waals surface area contributed by atoms with Gasteiger partial charge in [0.2, 0.25) is 0 Å². The molecule has 2 nitrogen and oxygen atoms in total. The topological polar surface area (TPSA) is 34.1 Å². The lowest BCUT2D eigenvalue weighted by atomic mass is 9.83. The van der Waals surface area contributed by atoms with Crippen LogP contribution in [0.25, 0.3) is 0 Å². The van der Waals surface area contributed by atoms with Gasteiger partial charge >= 0.3 is 0 Å². The fourth-order valence-electron chi connectivity index (χ4n) is 2.99. The molecule has 0 N–H and O–H groups in total. The second-order valence-corrected chi connectivity index (χ2v) is 4.84. The Kier molecular flexibility index (Phi) is 2.71. The van der Waals surface area contributed by atoms with E-state index < -0.39 is 0 Å².